The molecular formula is C24H37ClN4O5. The van der Waals surface area contributed by atoms with Crippen LogP contribution in [0.1, 0.15) is 52.4 Å². The molecular weight excluding hydrogens is 460 g/mol. The number of hydrogen-bond acceptors (Lipinski definition) is 6. The summed E-state index contributed by atoms with van der Waals surface area (Å²) in [6.07, 6.45) is 6.20. The number of nitrogens with zero attached hydrogens (tertiary/aromatic N) is 1. The number of carbonyl (C=O) groups excluding carboxylic acids is 4. The highest BCUT2D eigenvalue weighted by Gasteiger charge is 2.69. The van der Waals surface area contributed by atoms with E-state index < -0.39 is 35.7 Å². The Hall–Kier alpha value is -1.97. The van der Waals surface area contributed by atoms with Crippen LogP contribution >= 0.6 is 11.8 Å². The lowest BCUT2D eigenvalue weighted by atomic mass is 9.98. The Morgan fingerprint density at radius 2 is 1.94 bits per heavy atom. The predicted octanol–water partition coefficient (Wildman–Crippen LogP) is 1.31. The fourth-order valence-electron chi connectivity index (χ4n) is 5.38. The molecule has 3 rings (SSSR count). The number of fused-ring (bicyclic) bond motifs is 3. The van der Waals surface area contributed by atoms with Gasteiger partial charge in [-0.1, -0.05) is 45.6 Å². The molecule has 34 heavy (non-hydrogen) atoms. The van der Waals surface area contributed by atoms with E-state index in [2.05, 4.69) is 35.9 Å². The van der Waals surface area contributed by atoms with Crippen LogP contribution in [0.15, 0.2) is 12.7 Å². The number of nitrogens with one attached hydrogen (secondary N) is 3. The van der Waals surface area contributed by atoms with Gasteiger partial charge in [-0.2, -0.15) is 0 Å². The number of ether oxygens (including phenoxy) is 1. The highest BCUT2D eigenvalue weighted by atomic mass is 35.5. The van der Waals surface area contributed by atoms with Crippen molar-refractivity contribution in [3.8, 4) is 0 Å². The lowest BCUT2D eigenvalue weighted by molar-refractivity contribution is -0.144. The fraction of sp³-hybridized carbons (Fsp3) is 0.750. The number of carbonyl (C=O) groups is 4. The molecule has 190 valence electrons. The normalized spacial score (nSPS) is 32.2. The second-order valence-electron chi connectivity index (χ2n) is 10.1. The molecule has 0 radical (unpaired) electrons. The second-order valence-corrected chi connectivity index (χ2v) is 10.3. The maximum atomic E-state index is 13.5. The molecule has 5 atom stereocenters. The van der Waals surface area contributed by atoms with Crippen molar-refractivity contribution < 1.29 is 23.9 Å². The summed E-state index contributed by atoms with van der Waals surface area (Å²) < 4.78 is 5.68. The van der Waals surface area contributed by atoms with E-state index in [4.69, 9.17) is 16.5 Å². The molecule has 2 heterocycles. The first-order valence-electron chi connectivity index (χ1n) is 12.2. The lowest BCUT2D eigenvalue weighted by Gasteiger charge is -2.33. The van der Waals surface area contributed by atoms with Crippen molar-refractivity contribution in [1.82, 2.24) is 20.4 Å². The Balaban J connectivity index is 1.82. The van der Waals surface area contributed by atoms with Gasteiger partial charge in [-0.05, 0) is 41.9 Å². The first kappa shape index (κ1) is 26.6. The molecule has 1 aliphatic carbocycles. The van der Waals surface area contributed by atoms with Crippen LogP contribution in [0, 0.1) is 17.3 Å². The molecule has 3 N–H and O–H groups in total. The van der Waals surface area contributed by atoms with Crippen LogP contribution in [0.3, 0.4) is 0 Å². The van der Waals surface area contributed by atoms with Crippen molar-refractivity contribution in [3.63, 3.8) is 0 Å². The van der Waals surface area contributed by atoms with Crippen LogP contribution in [-0.4, -0.2) is 72.8 Å². The third-order valence-corrected chi connectivity index (χ3v) is 7.78. The van der Waals surface area contributed by atoms with E-state index in [1.807, 2.05) is 0 Å². The zero-order valence-electron chi connectivity index (χ0n) is 20.1. The van der Waals surface area contributed by atoms with Crippen LogP contribution in [0.25, 0.3) is 0 Å². The SMILES string of the molecule is C=CCNC(=O)C(=O)[C@@H]1CCCCCCCOC[C@H](NCl)C(=O)N2C[C@H]3[C@@H]([C@H]2C(=O)N1)C3(C)C. The summed E-state index contributed by atoms with van der Waals surface area (Å²) in [6, 6.07) is -2.43. The number of amides is 3. The van der Waals surface area contributed by atoms with Crippen molar-refractivity contribution in [2.45, 2.75) is 70.5 Å². The van der Waals surface area contributed by atoms with Crippen molar-refractivity contribution >= 4 is 35.3 Å². The van der Waals surface area contributed by atoms with Crippen molar-refractivity contribution in [3.05, 3.63) is 12.7 Å². The summed E-state index contributed by atoms with van der Waals surface area (Å²) >= 11 is 5.87. The summed E-state index contributed by atoms with van der Waals surface area (Å²) in [7, 11) is 0. The standard InChI is InChI=1S/C24H37ClN4O5/c1-4-11-26-22(32)20(30)16-10-8-6-5-7-9-12-34-14-17(28-25)23(33)29-13-15-18(24(15,2)3)19(29)21(31)27-16/h4,15-19,28H,1,5-14H2,2-3H3,(H,26,32)(H,27,31)/t15-,16-,17-,18-,19-/m0/s1. The molecule has 9 nitrogen and oxygen atoms in total. The lowest BCUT2D eigenvalue weighted by Crippen LogP contribution is -2.57. The topological polar surface area (TPSA) is 117 Å². The van der Waals surface area contributed by atoms with Gasteiger partial charge in [0.05, 0.1) is 12.6 Å². The molecule has 0 aromatic heterocycles. The smallest absolute Gasteiger partial charge is 0.289 e. The van der Waals surface area contributed by atoms with Gasteiger partial charge in [0.2, 0.25) is 17.6 Å². The van der Waals surface area contributed by atoms with Crippen molar-refractivity contribution in [1.29, 1.82) is 0 Å². The summed E-state index contributed by atoms with van der Waals surface area (Å²) in [5.74, 6) is -1.94. The van der Waals surface area contributed by atoms with Gasteiger partial charge >= 0.3 is 0 Å². The quantitative estimate of drug-likeness (QED) is 0.300. The molecule has 0 aromatic carbocycles. The first-order chi connectivity index (χ1) is 16.2. The van der Waals surface area contributed by atoms with E-state index in [-0.39, 0.29) is 36.3 Å². The minimum absolute atomic E-state index is 0.0161. The molecule has 0 bridgehead atoms. The van der Waals surface area contributed by atoms with Gasteiger partial charge in [-0.3, -0.25) is 19.2 Å². The molecule has 0 spiro atoms. The van der Waals surface area contributed by atoms with Gasteiger partial charge in [0, 0.05) is 19.7 Å². The number of ketones is 1. The van der Waals surface area contributed by atoms with Gasteiger partial charge in [-0.15, -0.1) is 6.58 Å². The summed E-state index contributed by atoms with van der Waals surface area (Å²) in [4.78, 5) is 56.1. The van der Waals surface area contributed by atoms with E-state index >= 15 is 0 Å². The fourth-order valence-corrected chi connectivity index (χ4v) is 5.54. The Morgan fingerprint density at radius 1 is 1.24 bits per heavy atom. The molecule has 3 aliphatic rings. The van der Waals surface area contributed by atoms with E-state index in [0.717, 1.165) is 25.7 Å². The summed E-state index contributed by atoms with van der Waals surface area (Å²) in [6.45, 7) is 8.97. The average Bonchev–Trinajstić information content (AvgIpc) is 3.14. The predicted molar refractivity (Wildman–Crippen MR) is 128 cm³/mol. The van der Waals surface area contributed by atoms with Gasteiger partial charge in [0.1, 0.15) is 12.1 Å². The minimum Gasteiger partial charge on any atom is -0.379 e. The zero-order valence-corrected chi connectivity index (χ0v) is 20.9. The Morgan fingerprint density at radius 3 is 2.65 bits per heavy atom. The van der Waals surface area contributed by atoms with Crippen LogP contribution in [-0.2, 0) is 23.9 Å². The molecule has 10 heteroatoms. The van der Waals surface area contributed by atoms with Crippen LogP contribution < -0.4 is 15.5 Å². The molecule has 3 fully saturated rings. The number of halogens is 1. The zero-order chi connectivity index (χ0) is 24.9. The third kappa shape index (κ3) is 5.80. The van der Waals surface area contributed by atoms with Gasteiger partial charge < -0.3 is 20.3 Å². The first-order valence-corrected chi connectivity index (χ1v) is 12.6. The van der Waals surface area contributed by atoms with E-state index in [9.17, 15) is 19.2 Å². The number of piperidine rings is 1. The van der Waals surface area contributed by atoms with E-state index in [1.54, 1.807) is 4.90 Å². The second kappa shape index (κ2) is 11.6. The average molecular weight is 497 g/mol. The maximum Gasteiger partial charge on any atom is 0.289 e. The van der Waals surface area contributed by atoms with Crippen LogP contribution in [0.5, 0.6) is 0 Å². The van der Waals surface area contributed by atoms with Gasteiger partial charge in [0.15, 0.2) is 0 Å². The maximum absolute atomic E-state index is 13.5. The largest absolute Gasteiger partial charge is 0.379 e. The highest BCUT2D eigenvalue weighted by Crippen LogP contribution is 2.64. The van der Waals surface area contributed by atoms with Gasteiger partial charge in [0.25, 0.3) is 5.91 Å². The highest BCUT2D eigenvalue weighted by molar-refractivity contribution is 6.38. The molecule has 2 aliphatic heterocycles. The molecule has 0 aromatic rings. The number of rotatable bonds is 5. The Kier molecular flexibility index (Phi) is 9.12. The van der Waals surface area contributed by atoms with Gasteiger partial charge in [-0.25, -0.2) is 4.84 Å². The van der Waals surface area contributed by atoms with Crippen molar-refractivity contribution in [2.24, 2.45) is 17.3 Å². The van der Waals surface area contributed by atoms with Crippen molar-refractivity contribution in [2.75, 3.05) is 26.3 Å². The summed E-state index contributed by atoms with van der Waals surface area (Å²) in [5, 5.41) is 5.32. The minimum atomic E-state index is -0.937. The third-order valence-electron chi connectivity index (χ3n) is 7.52. The number of hydrogen-bond donors (Lipinski definition) is 3. The molecule has 0 unspecified atom stereocenters. The Labute approximate surface area is 206 Å². The van der Waals surface area contributed by atoms with Crippen LogP contribution in [0.2, 0.25) is 0 Å². The van der Waals surface area contributed by atoms with E-state index in [1.165, 1.54) is 6.08 Å². The van der Waals surface area contributed by atoms with Crippen LogP contribution in [0.4, 0.5) is 0 Å². The summed E-state index contributed by atoms with van der Waals surface area (Å²) in [5.41, 5.74) is -0.0825. The number of Topliss-reactive ketones (excluding diaryl/α,β-unsaturated/α-hetero) is 1. The molecule has 1 saturated carbocycles. The monoisotopic (exact) mass is 496 g/mol. The van der Waals surface area contributed by atoms with E-state index in [0.29, 0.717) is 26.0 Å². The molecule has 2 saturated heterocycles. The Bertz CT molecular complexity index is 804. The molecule has 3 amide bonds.